The number of fused-ring (bicyclic) bond motifs is 5. The summed E-state index contributed by atoms with van der Waals surface area (Å²) < 4.78 is 21.7. The minimum absolute atomic E-state index is 0.111. The number of hydrogen-bond donors (Lipinski definition) is 3. The largest absolute Gasteiger partial charge is 0.378 e. The molecule has 2 aliphatic carbocycles. The van der Waals surface area contributed by atoms with Crippen molar-refractivity contribution in [1.82, 2.24) is 20.5 Å². The quantitative estimate of drug-likeness (QED) is 0.0361. The summed E-state index contributed by atoms with van der Waals surface area (Å²) in [6.07, 6.45) is 6.37. The van der Waals surface area contributed by atoms with Crippen molar-refractivity contribution in [2.75, 3.05) is 10.4 Å². The van der Waals surface area contributed by atoms with E-state index in [4.69, 9.17) is 10.4 Å². The Hall–Kier alpha value is -6.82. The third-order valence-electron chi connectivity index (χ3n) is 14.5. The van der Waals surface area contributed by atoms with Crippen molar-refractivity contribution < 1.29 is 28.1 Å². The molecule has 4 heterocycles. The van der Waals surface area contributed by atoms with E-state index in [9.17, 15) is 24.4 Å². The first-order valence-electron chi connectivity index (χ1n) is 22.2. The molecule has 4 aromatic carbocycles. The lowest BCUT2D eigenvalue weighted by molar-refractivity contribution is -0.153. The summed E-state index contributed by atoms with van der Waals surface area (Å²) >= 11 is 0. The normalized spacial score (nSPS) is 23.5. The summed E-state index contributed by atoms with van der Waals surface area (Å²) in [7, 11) is 0. The first-order chi connectivity index (χ1) is 31.4. The molecule has 330 valence electrons. The summed E-state index contributed by atoms with van der Waals surface area (Å²) in [5, 5.41) is 26.3. The van der Waals surface area contributed by atoms with Crippen LogP contribution in [0.3, 0.4) is 0 Å². The van der Waals surface area contributed by atoms with E-state index in [1.807, 2.05) is 13.8 Å². The predicted molar refractivity (Wildman–Crippen MR) is 238 cm³/mol. The van der Waals surface area contributed by atoms with Crippen molar-refractivity contribution in [3.63, 3.8) is 0 Å². The van der Waals surface area contributed by atoms with Gasteiger partial charge in [-0.3, -0.25) is 24.6 Å². The second kappa shape index (κ2) is 16.3. The number of hydrogen-bond acceptors (Lipinski definition) is 13. The lowest BCUT2D eigenvalue weighted by Crippen LogP contribution is -2.59. The van der Waals surface area contributed by atoms with Crippen LogP contribution in [0.5, 0.6) is 0 Å². The average molecular weight is 874 g/mol. The SMILES string of the molecule is Cc1ccc(-c2c(C)noc2C)cc1C(Nc1ccc(-c2ccc(C3(C#N)CC3)cc2)cc1)C1CCC(N(N)N(N=C=O)c2cc3c(cc2F)[C@H]2C(=O)[C@H]3N2[C@H]2CCC(=O)NC2=O)CC1. The minimum Gasteiger partial charge on any atom is -0.378 e. The Morgan fingerprint density at radius 3 is 2.20 bits per heavy atom. The van der Waals surface area contributed by atoms with Crippen molar-refractivity contribution in [1.29, 1.82) is 5.26 Å². The molecule has 2 amide bonds. The smallest absolute Gasteiger partial charge is 0.260 e. The van der Waals surface area contributed by atoms with Crippen LogP contribution in [-0.4, -0.2) is 50.9 Å². The number of nitrogens with two attached hydrogens (primary N) is 1. The number of aryl methyl sites for hydroxylation is 3. The molecule has 3 aliphatic heterocycles. The molecule has 5 aliphatic rings. The van der Waals surface area contributed by atoms with Gasteiger partial charge < -0.3 is 9.84 Å². The van der Waals surface area contributed by atoms with Gasteiger partial charge in [-0.2, -0.15) is 10.4 Å². The standard InChI is InChI=1S/C50H48FN9O5/c1-27-4-5-33(44-28(2)57-65-29(44)3)22-37(27)45(55-35-14-8-31(9-15-35)30-6-12-34(13-7-30)50(25-52)20-21-50)32-10-16-36(17-11-32)59(53)60(54-26-61)42-24-39-38(23-40(42)51)46-48(63)47(39)58(46)41-18-19-43(62)56-49(41)64/h4-9,12-15,22-24,32,36,41,45-47,55H,10-11,16-21,53H2,1-3H3,(H,56,62,64)/t32?,36?,41-,45?,46-,47-/m0/s1. The van der Waals surface area contributed by atoms with Crippen molar-refractivity contribution in [2.24, 2.45) is 16.9 Å². The molecular formula is C50H48FN9O5. The molecule has 2 saturated heterocycles. The summed E-state index contributed by atoms with van der Waals surface area (Å²) in [5.41, 5.74) is 9.72. The van der Waals surface area contributed by atoms with Gasteiger partial charge in [0, 0.05) is 23.7 Å². The van der Waals surface area contributed by atoms with E-state index in [0.29, 0.717) is 24.0 Å². The van der Waals surface area contributed by atoms with Crippen molar-refractivity contribution >= 4 is 35.1 Å². The van der Waals surface area contributed by atoms with Gasteiger partial charge in [0.05, 0.1) is 41.3 Å². The van der Waals surface area contributed by atoms with Crippen LogP contribution < -0.4 is 21.6 Å². The summed E-state index contributed by atoms with van der Waals surface area (Å²) in [4.78, 5) is 51.5. The fourth-order valence-electron chi connectivity index (χ4n) is 10.8. The second-order valence-electron chi connectivity index (χ2n) is 18.2. The molecule has 1 unspecified atom stereocenters. The van der Waals surface area contributed by atoms with Gasteiger partial charge in [-0.25, -0.2) is 15.0 Å². The van der Waals surface area contributed by atoms with Crippen molar-refractivity contribution in [3.05, 3.63) is 124 Å². The number of piperidine rings is 1. The number of carbonyl (C=O) groups excluding carboxylic acids is 4. The van der Waals surface area contributed by atoms with Gasteiger partial charge in [-0.15, -0.1) is 5.12 Å². The molecule has 1 aromatic heterocycles. The molecular weight excluding hydrogens is 826 g/mol. The topological polar surface area (TPSA) is 190 Å². The Balaban J connectivity index is 0.895. The minimum atomic E-state index is -0.800. The molecule has 65 heavy (non-hydrogen) atoms. The number of hydrazine groups is 2. The maximum atomic E-state index is 16.1. The number of amides is 2. The average Bonchev–Trinajstić information content (AvgIpc) is 3.85. The number of anilines is 2. The highest BCUT2D eigenvalue weighted by molar-refractivity contribution is 6.06. The van der Waals surface area contributed by atoms with Crippen LogP contribution in [0.15, 0.2) is 88.5 Å². The molecule has 2 bridgehead atoms. The van der Waals surface area contributed by atoms with Crippen molar-refractivity contribution in [3.8, 4) is 28.3 Å². The lowest BCUT2D eigenvalue weighted by Gasteiger charge is -2.44. The number of hydrazone groups is 1. The highest BCUT2D eigenvalue weighted by Crippen LogP contribution is 2.57. The first kappa shape index (κ1) is 42.1. The number of benzene rings is 4. The number of imide groups is 1. The third kappa shape index (κ3) is 7.23. The van der Waals surface area contributed by atoms with E-state index < -0.39 is 29.8 Å². The number of isocyanates is 1. The van der Waals surface area contributed by atoms with E-state index in [1.54, 1.807) is 4.90 Å². The Bertz CT molecular complexity index is 2820. The highest BCUT2D eigenvalue weighted by Gasteiger charge is 2.61. The van der Waals surface area contributed by atoms with Gasteiger partial charge >= 0.3 is 0 Å². The second-order valence-corrected chi connectivity index (χ2v) is 18.2. The summed E-state index contributed by atoms with van der Waals surface area (Å²) in [6, 6.07) is 25.6. The molecule has 4 fully saturated rings. The Labute approximate surface area is 375 Å². The predicted octanol–water partition coefficient (Wildman–Crippen LogP) is 7.97. The van der Waals surface area contributed by atoms with Gasteiger partial charge in [0.1, 0.15) is 11.4 Å². The fraction of sp³-hybridized carbons (Fsp3) is 0.360. The van der Waals surface area contributed by atoms with Gasteiger partial charge in [0.15, 0.2) is 11.6 Å². The van der Waals surface area contributed by atoms with Crippen LogP contribution in [-0.2, 0) is 24.6 Å². The van der Waals surface area contributed by atoms with Crippen LogP contribution >= 0.6 is 0 Å². The number of carbonyl (C=O) groups is 3. The number of nitrogens with one attached hydrogen (secondary N) is 2. The zero-order chi connectivity index (χ0) is 45.3. The maximum absolute atomic E-state index is 16.1. The van der Waals surface area contributed by atoms with E-state index in [0.717, 1.165) is 86.9 Å². The van der Waals surface area contributed by atoms with Crippen LogP contribution in [0.1, 0.15) is 109 Å². The molecule has 4 atom stereocenters. The van der Waals surface area contributed by atoms with E-state index in [1.165, 1.54) is 23.3 Å². The number of Topliss-reactive ketones (excluding diaryl/α,β-unsaturated/α-hetero) is 1. The molecule has 4 N–H and O–H groups in total. The number of rotatable bonds is 12. The van der Waals surface area contributed by atoms with Crippen LogP contribution in [0.4, 0.5) is 15.8 Å². The fourth-order valence-corrected chi connectivity index (χ4v) is 10.8. The van der Waals surface area contributed by atoms with Crippen LogP contribution in [0, 0.1) is 43.8 Å². The van der Waals surface area contributed by atoms with Crippen LogP contribution in [0.25, 0.3) is 22.3 Å². The van der Waals surface area contributed by atoms with E-state index >= 15 is 4.39 Å². The zero-order valence-corrected chi connectivity index (χ0v) is 36.3. The Kier molecular flexibility index (Phi) is 10.6. The van der Waals surface area contributed by atoms with Crippen LogP contribution in [0.2, 0.25) is 0 Å². The molecule has 2 saturated carbocycles. The first-order valence-corrected chi connectivity index (χ1v) is 22.2. The molecule has 0 radical (unpaired) electrons. The lowest BCUT2D eigenvalue weighted by atomic mass is 9.77. The highest BCUT2D eigenvalue weighted by atomic mass is 19.1. The van der Waals surface area contributed by atoms with Gasteiger partial charge in [0.2, 0.25) is 11.8 Å². The number of halogens is 1. The molecule has 0 spiro atoms. The summed E-state index contributed by atoms with van der Waals surface area (Å²) in [6.45, 7) is 5.97. The van der Waals surface area contributed by atoms with Crippen molar-refractivity contribution in [2.45, 2.75) is 108 Å². The Morgan fingerprint density at radius 1 is 0.923 bits per heavy atom. The molecule has 15 heteroatoms. The molecule has 10 rings (SSSR count). The monoisotopic (exact) mass is 873 g/mol. The number of aromatic nitrogens is 1. The van der Waals surface area contributed by atoms with E-state index in [-0.39, 0.29) is 53.6 Å². The number of ketones is 1. The van der Waals surface area contributed by atoms with Gasteiger partial charge in [-0.05, 0) is 146 Å². The zero-order valence-electron chi connectivity index (χ0n) is 36.3. The molecule has 14 nitrogen and oxygen atoms in total. The molecule has 5 aromatic rings. The third-order valence-corrected chi connectivity index (χ3v) is 14.5. The van der Waals surface area contributed by atoms with Gasteiger partial charge in [0.25, 0.3) is 6.08 Å². The van der Waals surface area contributed by atoms with Gasteiger partial charge in [-0.1, -0.05) is 58.8 Å². The maximum Gasteiger partial charge on any atom is 0.260 e. The summed E-state index contributed by atoms with van der Waals surface area (Å²) in [5.74, 6) is 5.91. The Morgan fingerprint density at radius 2 is 1.58 bits per heavy atom. The number of nitrogens with zero attached hydrogens (tertiary/aromatic N) is 6. The number of nitriles is 1. The van der Waals surface area contributed by atoms with E-state index in [2.05, 4.69) is 101 Å².